The van der Waals surface area contributed by atoms with Crippen molar-refractivity contribution in [1.29, 1.82) is 0 Å². The third-order valence-corrected chi connectivity index (χ3v) is 4.92. The molecular formula is C12H18N2O3S2. The molecule has 0 unspecified atom stereocenters. The SMILES string of the molecule is CCN(CCCO)S(=O)(=O)c1ccc(C(N)=S)cc1. The molecule has 0 saturated heterocycles. The van der Waals surface area contributed by atoms with Crippen LogP contribution >= 0.6 is 12.2 Å². The first kappa shape index (κ1) is 16.0. The van der Waals surface area contributed by atoms with Crippen LogP contribution in [0.15, 0.2) is 29.2 Å². The van der Waals surface area contributed by atoms with Gasteiger partial charge in [-0.3, -0.25) is 0 Å². The van der Waals surface area contributed by atoms with Crippen LogP contribution in [-0.4, -0.2) is 42.5 Å². The van der Waals surface area contributed by atoms with Gasteiger partial charge in [0.15, 0.2) is 0 Å². The Morgan fingerprint density at radius 1 is 1.37 bits per heavy atom. The predicted octanol–water partition coefficient (Wildman–Crippen LogP) is 0.714. The highest BCUT2D eigenvalue weighted by atomic mass is 32.2. The monoisotopic (exact) mass is 302 g/mol. The van der Waals surface area contributed by atoms with Gasteiger partial charge in [0.05, 0.1) is 4.90 Å². The number of thiocarbonyl (C=S) groups is 1. The first-order chi connectivity index (χ1) is 8.93. The lowest BCUT2D eigenvalue weighted by Gasteiger charge is -2.20. The van der Waals surface area contributed by atoms with E-state index in [0.717, 1.165) is 0 Å². The summed E-state index contributed by atoms with van der Waals surface area (Å²) in [4.78, 5) is 0.434. The molecule has 0 saturated carbocycles. The molecule has 7 heteroatoms. The van der Waals surface area contributed by atoms with Crippen LogP contribution in [0.2, 0.25) is 0 Å². The van der Waals surface area contributed by atoms with E-state index in [2.05, 4.69) is 0 Å². The van der Waals surface area contributed by atoms with Crippen molar-refractivity contribution in [3.63, 3.8) is 0 Å². The molecule has 0 heterocycles. The fourth-order valence-electron chi connectivity index (χ4n) is 1.64. The second-order valence-electron chi connectivity index (χ2n) is 3.96. The van der Waals surface area contributed by atoms with Crippen LogP contribution < -0.4 is 5.73 Å². The van der Waals surface area contributed by atoms with Gasteiger partial charge in [0.25, 0.3) is 0 Å². The number of nitrogens with two attached hydrogens (primary N) is 1. The summed E-state index contributed by atoms with van der Waals surface area (Å²) in [5.74, 6) is 0. The number of sulfonamides is 1. The lowest BCUT2D eigenvalue weighted by atomic mass is 10.2. The molecule has 0 radical (unpaired) electrons. The maximum atomic E-state index is 12.3. The third kappa shape index (κ3) is 3.97. The molecule has 0 aromatic heterocycles. The molecule has 1 rings (SSSR count). The molecule has 1 aromatic carbocycles. The highest BCUT2D eigenvalue weighted by Gasteiger charge is 2.22. The first-order valence-corrected chi connectivity index (χ1v) is 7.79. The number of rotatable bonds is 7. The molecule has 0 bridgehead atoms. The second-order valence-corrected chi connectivity index (χ2v) is 6.34. The molecule has 106 valence electrons. The summed E-state index contributed by atoms with van der Waals surface area (Å²) < 4.78 is 26.0. The van der Waals surface area contributed by atoms with Crippen molar-refractivity contribution in [2.45, 2.75) is 18.2 Å². The molecule has 0 fully saturated rings. The minimum absolute atomic E-state index is 0.0353. The van der Waals surface area contributed by atoms with Crippen LogP contribution in [0.5, 0.6) is 0 Å². The van der Waals surface area contributed by atoms with E-state index in [1.807, 2.05) is 0 Å². The van der Waals surface area contributed by atoms with Gasteiger partial charge in [-0.25, -0.2) is 8.42 Å². The zero-order valence-electron chi connectivity index (χ0n) is 10.7. The lowest BCUT2D eigenvalue weighted by molar-refractivity contribution is 0.271. The van der Waals surface area contributed by atoms with E-state index in [1.165, 1.54) is 16.4 Å². The van der Waals surface area contributed by atoms with Gasteiger partial charge < -0.3 is 10.8 Å². The van der Waals surface area contributed by atoms with E-state index in [1.54, 1.807) is 19.1 Å². The van der Waals surface area contributed by atoms with Crippen molar-refractivity contribution >= 4 is 27.2 Å². The van der Waals surface area contributed by atoms with Gasteiger partial charge >= 0.3 is 0 Å². The highest BCUT2D eigenvalue weighted by Crippen LogP contribution is 2.16. The maximum absolute atomic E-state index is 12.3. The van der Waals surface area contributed by atoms with Crippen LogP contribution in [-0.2, 0) is 10.0 Å². The van der Waals surface area contributed by atoms with Crippen molar-refractivity contribution in [2.24, 2.45) is 5.73 Å². The number of nitrogens with zero attached hydrogens (tertiary/aromatic N) is 1. The van der Waals surface area contributed by atoms with Gasteiger partial charge in [-0.05, 0) is 18.6 Å². The topological polar surface area (TPSA) is 83.6 Å². The number of hydrogen-bond donors (Lipinski definition) is 2. The number of benzene rings is 1. The normalized spacial score (nSPS) is 11.7. The summed E-state index contributed by atoms with van der Waals surface area (Å²) in [6, 6.07) is 6.17. The number of aliphatic hydroxyl groups excluding tert-OH is 1. The van der Waals surface area contributed by atoms with Crippen molar-refractivity contribution in [3.8, 4) is 0 Å². The fourth-order valence-corrected chi connectivity index (χ4v) is 3.26. The predicted molar refractivity (Wildman–Crippen MR) is 78.5 cm³/mol. The quantitative estimate of drug-likeness (QED) is 0.725. The van der Waals surface area contributed by atoms with Gasteiger partial charge in [0, 0.05) is 25.3 Å². The van der Waals surface area contributed by atoms with Crippen LogP contribution in [0.1, 0.15) is 18.9 Å². The lowest BCUT2D eigenvalue weighted by Crippen LogP contribution is -2.32. The number of aliphatic hydroxyl groups is 1. The molecule has 3 N–H and O–H groups in total. The van der Waals surface area contributed by atoms with E-state index in [9.17, 15) is 8.42 Å². The average molecular weight is 302 g/mol. The molecule has 1 aromatic rings. The fraction of sp³-hybridized carbons (Fsp3) is 0.417. The minimum atomic E-state index is -3.53. The summed E-state index contributed by atoms with van der Waals surface area (Å²) >= 11 is 4.82. The Bertz CT molecular complexity index is 526. The molecule has 5 nitrogen and oxygen atoms in total. The molecule has 0 spiro atoms. The van der Waals surface area contributed by atoms with Crippen molar-refractivity contribution in [3.05, 3.63) is 29.8 Å². The molecule has 0 amide bonds. The van der Waals surface area contributed by atoms with Gasteiger partial charge in [0.2, 0.25) is 10.0 Å². The highest BCUT2D eigenvalue weighted by molar-refractivity contribution is 7.89. The zero-order valence-corrected chi connectivity index (χ0v) is 12.4. The summed E-state index contributed by atoms with van der Waals surface area (Å²) in [7, 11) is -3.53. The number of hydrogen-bond acceptors (Lipinski definition) is 4. The Morgan fingerprint density at radius 2 is 1.95 bits per heavy atom. The van der Waals surface area contributed by atoms with Crippen LogP contribution in [0.4, 0.5) is 0 Å². The average Bonchev–Trinajstić information content (AvgIpc) is 2.39. The maximum Gasteiger partial charge on any atom is 0.243 e. The summed E-state index contributed by atoms with van der Waals surface area (Å²) in [6.45, 7) is 2.39. The smallest absolute Gasteiger partial charge is 0.243 e. The van der Waals surface area contributed by atoms with E-state index >= 15 is 0 Å². The Labute approximate surface area is 119 Å². The third-order valence-electron chi connectivity index (χ3n) is 2.69. The van der Waals surface area contributed by atoms with Gasteiger partial charge in [0.1, 0.15) is 4.99 Å². The van der Waals surface area contributed by atoms with Gasteiger partial charge in [-0.2, -0.15) is 4.31 Å². The van der Waals surface area contributed by atoms with E-state index < -0.39 is 10.0 Å². The summed E-state index contributed by atoms with van der Waals surface area (Å²) in [5, 5.41) is 8.79. The van der Waals surface area contributed by atoms with E-state index in [4.69, 9.17) is 23.1 Å². The zero-order chi connectivity index (χ0) is 14.5. The summed E-state index contributed by atoms with van der Waals surface area (Å²) in [5.41, 5.74) is 6.10. The summed E-state index contributed by atoms with van der Waals surface area (Å²) in [6.07, 6.45) is 0.415. The minimum Gasteiger partial charge on any atom is -0.396 e. The standard InChI is InChI=1S/C12H18N2O3S2/c1-2-14(8-3-9-15)19(16,17)11-6-4-10(5-7-11)12(13)18/h4-7,15H,2-3,8-9H2,1H3,(H2,13,18). The Kier molecular flexibility index (Phi) is 5.86. The molecule has 19 heavy (non-hydrogen) atoms. The molecular weight excluding hydrogens is 284 g/mol. The first-order valence-electron chi connectivity index (χ1n) is 5.94. The molecule has 0 atom stereocenters. The van der Waals surface area contributed by atoms with E-state index in [-0.39, 0.29) is 16.5 Å². The van der Waals surface area contributed by atoms with Crippen LogP contribution in [0, 0.1) is 0 Å². The van der Waals surface area contributed by atoms with Crippen molar-refractivity contribution < 1.29 is 13.5 Å². The Hall–Kier alpha value is -1.02. The van der Waals surface area contributed by atoms with Crippen LogP contribution in [0.25, 0.3) is 0 Å². The van der Waals surface area contributed by atoms with Crippen LogP contribution in [0.3, 0.4) is 0 Å². The van der Waals surface area contributed by atoms with Gasteiger partial charge in [-0.1, -0.05) is 31.3 Å². The Morgan fingerprint density at radius 3 is 2.37 bits per heavy atom. The Balaban J connectivity index is 3.01. The molecule has 0 aliphatic carbocycles. The largest absolute Gasteiger partial charge is 0.396 e. The molecule has 0 aliphatic rings. The van der Waals surface area contributed by atoms with Gasteiger partial charge in [-0.15, -0.1) is 0 Å². The van der Waals surface area contributed by atoms with E-state index in [0.29, 0.717) is 25.1 Å². The molecule has 0 aliphatic heterocycles. The van der Waals surface area contributed by atoms with Crippen molar-refractivity contribution in [1.82, 2.24) is 4.31 Å². The van der Waals surface area contributed by atoms with Crippen molar-refractivity contribution in [2.75, 3.05) is 19.7 Å². The second kappa shape index (κ2) is 6.95.